The number of carbonyl (C=O) groups is 3. The smallest absolute Gasteiger partial charge is 0.407 e. The molecule has 356 valence electrons. The number of H-pyrrole nitrogens is 2. The first-order valence-corrected chi connectivity index (χ1v) is 24.6. The summed E-state index contributed by atoms with van der Waals surface area (Å²) in [4.78, 5) is 61.5. The predicted octanol–water partition coefficient (Wildman–Crippen LogP) is 9.88. The van der Waals surface area contributed by atoms with Crippen LogP contribution in [0.5, 0.6) is 0 Å². The number of nitrogens with one attached hydrogen (secondary N) is 4. The fourth-order valence-corrected chi connectivity index (χ4v) is 10.6. The van der Waals surface area contributed by atoms with Gasteiger partial charge < -0.3 is 39.9 Å². The highest BCUT2D eigenvalue weighted by Gasteiger charge is 2.37. The fourth-order valence-electron chi connectivity index (χ4n) is 10.6. The van der Waals surface area contributed by atoms with Gasteiger partial charge in [0.2, 0.25) is 11.8 Å². The Morgan fingerprint density at radius 3 is 1.53 bits per heavy atom. The van der Waals surface area contributed by atoms with Gasteiger partial charge in [-0.25, -0.2) is 14.8 Å². The second kappa shape index (κ2) is 19.9. The number of aromatic amines is 2. The topological polar surface area (TPSA) is 158 Å². The van der Waals surface area contributed by atoms with Crippen molar-refractivity contribution in [2.45, 2.75) is 116 Å². The summed E-state index contributed by atoms with van der Waals surface area (Å²) in [6, 6.07) is 25.5. The highest BCUT2D eigenvalue weighted by Crippen LogP contribution is 2.37. The van der Waals surface area contributed by atoms with Gasteiger partial charge in [-0.1, -0.05) is 76.2 Å². The van der Waals surface area contributed by atoms with Crippen LogP contribution in [0.1, 0.15) is 112 Å². The SMILES string of the molecule is C=C(N[C@H](C(=O)N1CCCC[C@H]1c1nc2ccc(-c3cc4ccc3CCc3ccc(c(-c5ccc6nc([C@@H]7CCCCN7C(=O)[C@@H](NC(=O)OC)C(C)C)[nH]c6c5)c3)CC4)cc2[nH]1)C(C)C)OC. The van der Waals surface area contributed by atoms with E-state index < -0.39 is 18.2 Å². The zero-order valence-electron chi connectivity index (χ0n) is 40.4. The van der Waals surface area contributed by atoms with Crippen molar-refractivity contribution in [2.75, 3.05) is 27.3 Å². The Kier molecular flexibility index (Phi) is 13.6. The van der Waals surface area contributed by atoms with Crippen molar-refractivity contribution in [2.24, 2.45) is 11.8 Å². The molecule has 3 amide bonds. The van der Waals surface area contributed by atoms with Crippen LogP contribution in [-0.2, 0) is 44.7 Å². The summed E-state index contributed by atoms with van der Waals surface area (Å²) in [5, 5.41) is 5.97. The van der Waals surface area contributed by atoms with Crippen molar-refractivity contribution >= 4 is 40.0 Å². The fraction of sp³-hybridized carbons (Fsp3) is 0.436. The van der Waals surface area contributed by atoms with Crippen LogP contribution in [0.25, 0.3) is 44.3 Å². The molecule has 4 bridgehead atoms. The minimum atomic E-state index is -0.692. The molecule has 13 nitrogen and oxygen atoms in total. The number of hydrogen-bond acceptors (Lipinski definition) is 8. The van der Waals surface area contributed by atoms with E-state index in [0.29, 0.717) is 19.0 Å². The third kappa shape index (κ3) is 9.57. The van der Waals surface area contributed by atoms with Crippen LogP contribution in [0.2, 0.25) is 0 Å². The molecule has 4 atom stereocenters. The monoisotopic (exact) mass is 919 g/mol. The van der Waals surface area contributed by atoms with Crippen molar-refractivity contribution in [1.29, 1.82) is 0 Å². The molecule has 0 unspecified atom stereocenters. The predicted molar refractivity (Wildman–Crippen MR) is 267 cm³/mol. The third-order valence-electron chi connectivity index (χ3n) is 14.4. The Balaban J connectivity index is 0.950. The van der Waals surface area contributed by atoms with Gasteiger partial charge in [-0.3, -0.25) is 9.59 Å². The summed E-state index contributed by atoms with van der Waals surface area (Å²) in [6.45, 7) is 13.2. The summed E-state index contributed by atoms with van der Waals surface area (Å²) in [7, 11) is 2.87. The largest absolute Gasteiger partial charge is 0.483 e. The lowest BCUT2D eigenvalue weighted by Crippen LogP contribution is -2.53. The van der Waals surface area contributed by atoms with Gasteiger partial charge in [0.15, 0.2) is 5.88 Å². The van der Waals surface area contributed by atoms with Crippen molar-refractivity contribution < 1.29 is 23.9 Å². The van der Waals surface area contributed by atoms with Crippen molar-refractivity contribution in [3.63, 3.8) is 0 Å². The van der Waals surface area contributed by atoms with Crippen LogP contribution in [0, 0.1) is 11.8 Å². The number of likely N-dealkylation sites (tertiary alicyclic amines) is 2. The van der Waals surface area contributed by atoms with Crippen molar-refractivity contribution in [1.82, 2.24) is 40.4 Å². The molecule has 4 N–H and O–H groups in total. The van der Waals surface area contributed by atoms with Gasteiger partial charge in [0.25, 0.3) is 0 Å². The third-order valence-corrected chi connectivity index (χ3v) is 14.4. The molecule has 0 saturated carbocycles. The van der Waals surface area contributed by atoms with E-state index in [-0.39, 0.29) is 35.7 Å². The average molecular weight is 919 g/mol. The summed E-state index contributed by atoms with van der Waals surface area (Å²) in [6.07, 6.45) is 8.45. The normalized spacial score (nSPS) is 18.4. The molecule has 6 aromatic rings. The zero-order chi connectivity index (χ0) is 47.6. The molecule has 2 saturated heterocycles. The molecule has 4 heterocycles. The molecule has 12 rings (SSSR count). The van der Waals surface area contributed by atoms with E-state index in [1.807, 2.05) is 37.5 Å². The van der Waals surface area contributed by atoms with Crippen LogP contribution in [0.4, 0.5) is 4.79 Å². The molecule has 6 aliphatic rings. The number of ether oxygens (including phenoxy) is 2. The molecule has 2 aromatic heterocycles. The molecule has 4 aliphatic carbocycles. The van der Waals surface area contributed by atoms with E-state index >= 15 is 0 Å². The first-order chi connectivity index (χ1) is 32.9. The molecule has 4 aromatic carbocycles. The standard InChI is InChI=1S/C55H66N8O5/c1-32(2)49(56-34(5)67-6)53(64)62-26-10-8-12-47(62)51-57-43-24-22-39(30-45(43)59-51)41-28-35-14-18-37(41)19-15-36-17-21-38(20-16-35)42(29-36)40-23-25-44-46(31-40)60-52(58-44)48-13-9-11-27-63(48)54(65)50(33(3)4)61-55(66)68-7/h14,17-18,21-25,28-33,47-50,56H,5,8-13,15-16,19-20,26-27H2,1-4,6-7H3,(H,57,59)(H,58,60)(H,61,66)/t47-,48-,49-,50-/m0/s1. The number of amides is 3. The molecule has 68 heavy (non-hydrogen) atoms. The first kappa shape index (κ1) is 46.5. The minimum Gasteiger partial charge on any atom is -0.483 e. The highest BCUT2D eigenvalue weighted by atomic mass is 16.5. The lowest BCUT2D eigenvalue weighted by Gasteiger charge is -2.38. The van der Waals surface area contributed by atoms with Gasteiger partial charge in [0.1, 0.15) is 23.7 Å². The summed E-state index contributed by atoms with van der Waals surface area (Å²) >= 11 is 0. The summed E-state index contributed by atoms with van der Waals surface area (Å²) < 4.78 is 10.1. The number of aromatic nitrogens is 4. The minimum absolute atomic E-state index is 0.0408. The van der Waals surface area contributed by atoms with Gasteiger partial charge in [0, 0.05) is 13.1 Å². The Bertz CT molecular complexity index is 2650. The number of rotatable bonds is 12. The second-order valence-corrected chi connectivity index (χ2v) is 19.6. The van der Waals surface area contributed by atoms with Crippen LogP contribution in [-0.4, -0.2) is 87.0 Å². The Morgan fingerprint density at radius 2 is 1.09 bits per heavy atom. The van der Waals surface area contributed by atoms with Gasteiger partial charge in [-0.2, -0.15) is 0 Å². The first-order valence-electron chi connectivity index (χ1n) is 24.6. The molecule has 2 aliphatic heterocycles. The van der Waals surface area contributed by atoms with E-state index in [9.17, 15) is 14.4 Å². The van der Waals surface area contributed by atoms with E-state index in [1.54, 1.807) is 7.11 Å². The second-order valence-electron chi connectivity index (χ2n) is 19.6. The summed E-state index contributed by atoms with van der Waals surface area (Å²) in [5.74, 6) is 1.85. The number of methoxy groups -OCH3 is 2. The van der Waals surface area contributed by atoms with Gasteiger partial charge in [-0.15, -0.1) is 0 Å². The van der Waals surface area contributed by atoms with Crippen LogP contribution >= 0.6 is 0 Å². The molecule has 0 radical (unpaired) electrons. The van der Waals surface area contributed by atoms with Gasteiger partial charge in [0.05, 0.1) is 48.4 Å². The molecule has 2 fully saturated rings. The van der Waals surface area contributed by atoms with E-state index in [2.05, 4.69) is 100.0 Å². The number of benzene rings is 4. The van der Waals surface area contributed by atoms with Crippen LogP contribution in [0.3, 0.4) is 0 Å². The number of fused-ring (bicyclic) bond motifs is 2. The maximum atomic E-state index is 14.1. The molecule has 0 spiro atoms. The number of carbonyl (C=O) groups excluding carboxylic acids is 3. The van der Waals surface area contributed by atoms with Crippen molar-refractivity contribution in [3.05, 3.63) is 119 Å². The Morgan fingerprint density at radius 1 is 0.618 bits per heavy atom. The lowest BCUT2D eigenvalue weighted by atomic mass is 9.87. The quantitative estimate of drug-likeness (QED) is 0.0884. The highest BCUT2D eigenvalue weighted by molar-refractivity contribution is 5.88. The Labute approximate surface area is 399 Å². The average Bonchev–Trinajstić information content (AvgIpc) is 3.99. The number of imidazole rings is 2. The molecule has 13 heteroatoms. The Hall–Kier alpha value is -6.63. The zero-order valence-corrected chi connectivity index (χ0v) is 40.4. The van der Waals surface area contributed by atoms with Crippen LogP contribution in [0.15, 0.2) is 85.3 Å². The van der Waals surface area contributed by atoms with E-state index in [4.69, 9.17) is 19.4 Å². The number of hydrogen-bond donors (Lipinski definition) is 4. The maximum absolute atomic E-state index is 14.1. The number of piperidine rings is 2. The molecular formula is C55H66N8O5. The van der Waals surface area contributed by atoms with Gasteiger partial charge in [-0.05, 0) is 151 Å². The lowest BCUT2D eigenvalue weighted by molar-refractivity contribution is -0.139. The van der Waals surface area contributed by atoms with E-state index in [1.165, 1.54) is 40.5 Å². The maximum Gasteiger partial charge on any atom is 0.407 e. The summed E-state index contributed by atoms with van der Waals surface area (Å²) in [5.41, 5.74) is 13.6. The number of nitrogens with zero attached hydrogens (tertiary/aromatic N) is 4. The van der Waals surface area contributed by atoms with E-state index in [0.717, 1.165) is 109 Å². The van der Waals surface area contributed by atoms with Crippen LogP contribution < -0.4 is 10.6 Å². The number of aryl methyl sites for hydroxylation is 4. The number of alkyl carbamates (subject to hydrolysis) is 1. The van der Waals surface area contributed by atoms with Crippen molar-refractivity contribution in [3.8, 4) is 22.3 Å². The molecular weight excluding hydrogens is 853 g/mol. The van der Waals surface area contributed by atoms with Gasteiger partial charge >= 0.3 is 6.09 Å².